The number of nitrogens with zero attached hydrogens (tertiary/aromatic N) is 1. The predicted molar refractivity (Wildman–Crippen MR) is 161 cm³/mol. The number of benzene rings is 2. The number of esters is 1. The molecule has 12 nitrogen and oxygen atoms in total. The number of nitrogens with two attached hydrogens (primary N) is 1. The number of allylic oxidation sites excluding steroid dienone is 1. The van der Waals surface area contributed by atoms with Crippen molar-refractivity contribution in [3.05, 3.63) is 75.0 Å². The van der Waals surface area contributed by atoms with Gasteiger partial charge in [0.15, 0.2) is 0 Å². The highest BCUT2D eigenvalue weighted by molar-refractivity contribution is 7.54. The minimum Gasteiger partial charge on any atom is -0.468 e. The van der Waals surface area contributed by atoms with Gasteiger partial charge in [-0.15, -0.1) is 0 Å². The van der Waals surface area contributed by atoms with Gasteiger partial charge in [-0.25, -0.2) is 14.3 Å². The molecule has 0 aliphatic carbocycles. The fourth-order valence-electron chi connectivity index (χ4n) is 4.12. The Morgan fingerprint density at radius 3 is 2.26 bits per heavy atom. The first-order chi connectivity index (χ1) is 19.9. The number of amides is 2. The molecule has 2 amide bonds. The number of piperidine rings is 1. The summed E-state index contributed by atoms with van der Waals surface area (Å²) in [5.74, 6) is -1.67. The number of carbonyl (C=O) groups excluding carboxylic acids is 3. The Bertz CT molecular complexity index is 1390. The van der Waals surface area contributed by atoms with Crippen LogP contribution in [0.15, 0.2) is 53.9 Å². The van der Waals surface area contributed by atoms with Crippen LogP contribution in [-0.2, 0) is 18.9 Å². The van der Waals surface area contributed by atoms with Crippen LogP contribution in [0.25, 0.3) is 0 Å². The molecule has 0 saturated carbocycles. The smallest absolute Gasteiger partial charge is 0.393 e. The van der Waals surface area contributed by atoms with Gasteiger partial charge in [-0.1, -0.05) is 47.0 Å². The molecular weight excluding hydrogens is 606 g/mol. The molecule has 2 atom stereocenters. The number of halogens is 2. The summed E-state index contributed by atoms with van der Waals surface area (Å²) in [5, 5.41) is 15.8. The van der Waals surface area contributed by atoms with Crippen LogP contribution in [0.1, 0.15) is 35.7 Å². The Labute approximate surface area is 254 Å². The molecule has 0 radical (unpaired) electrons. The maximum Gasteiger partial charge on any atom is 0.393 e. The third kappa shape index (κ3) is 8.33. The van der Waals surface area contributed by atoms with E-state index in [0.717, 1.165) is 11.8 Å². The third-order valence-electron chi connectivity index (χ3n) is 6.46. The minimum atomic E-state index is -3.77. The highest BCUT2D eigenvalue weighted by Gasteiger charge is 2.39. The molecule has 0 aromatic heterocycles. The second-order valence-electron chi connectivity index (χ2n) is 9.52. The summed E-state index contributed by atoms with van der Waals surface area (Å²) in [6.45, 7) is 3.93. The Hall–Kier alpha value is -3.41. The van der Waals surface area contributed by atoms with E-state index >= 15 is 0 Å². The molecule has 3 rings (SSSR count). The monoisotopic (exact) mass is 638 g/mol. The second-order valence-corrected chi connectivity index (χ2v) is 12.4. The van der Waals surface area contributed by atoms with Crippen LogP contribution in [-0.4, -0.2) is 61.0 Å². The van der Waals surface area contributed by atoms with Gasteiger partial charge in [-0.05, 0) is 51.0 Å². The number of aryl methyl sites for hydroxylation is 1. The molecule has 1 unspecified atom stereocenters. The van der Waals surface area contributed by atoms with Gasteiger partial charge in [-0.3, -0.25) is 14.4 Å². The number of rotatable bonds is 11. The summed E-state index contributed by atoms with van der Waals surface area (Å²) < 4.78 is 26.4. The molecule has 1 heterocycles. The van der Waals surface area contributed by atoms with Crippen LogP contribution in [0, 0.1) is 12.3 Å². The van der Waals surface area contributed by atoms with Gasteiger partial charge in [0, 0.05) is 25.3 Å². The van der Waals surface area contributed by atoms with Crippen LogP contribution in [0.5, 0.6) is 5.75 Å². The highest BCUT2D eigenvalue weighted by atomic mass is 35.5. The molecule has 15 heteroatoms. The molecule has 42 heavy (non-hydrogen) atoms. The Kier molecular flexibility index (Phi) is 11.6. The zero-order chi connectivity index (χ0) is 31.0. The lowest BCUT2D eigenvalue weighted by molar-refractivity contribution is -0.142. The summed E-state index contributed by atoms with van der Waals surface area (Å²) in [4.78, 5) is 37.7. The number of hydrogen-bond acceptors (Lipinski definition) is 8. The Morgan fingerprint density at radius 1 is 1.12 bits per heavy atom. The standard InChI is InChI=1S/C27H33Cl2N6O6P/c1-16-7-9-19(10-8-16)41-42(39,34-17(2)27(38)40-3)35-13-11-18(12-14-35)32-26(37)24(31)22(15-30)33-25(36)23-20(28)5-4-6-21(23)29/h4-10,15,17-18,30H,11-14,31H2,1-3H3,(H,32,37)(H,33,36)(H,34,39)/t17-,42?/m0/s1. The Morgan fingerprint density at radius 2 is 1.71 bits per heavy atom. The lowest BCUT2D eigenvalue weighted by Gasteiger charge is -2.37. The Balaban J connectivity index is 1.69. The molecule has 0 bridgehead atoms. The van der Waals surface area contributed by atoms with E-state index < -0.39 is 31.5 Å². The summed E-state index contributed by atoms with van der Waals surface area (Å²) in [7, 11) is -2.53. The number of nitrogens with one attached hydrogen (secondary N) is 4. The maximum absolute atomic E-state index is 14.1. The first-order valence-electron chi connectivity index (χ1n) is 12.9. The van der Waals surface area contributed by atoms with Crippen molar-refractivity contribution < 1.29 is 28.2 Å². The average Bonchev–Trinajstić information content (AvgIpc) is 2.96. The van der Waals surface area contributed by atoms with E-state index in [2.05, 4.69) is 15.7 Å². The molecule has 1 aliphatic rings. The van der Waals surface area contributed by atoms with E-state index in [-0.39, 0.29) is 46.1 Å². The number of carbonyl (C=O) groups is 3. The number of ether oxygens (including phenoxy) is 1. The summed E-state index contributed by atoms with van der Waals surface area (Å²) in [5.41, 5.74) is 6.35. The average molecular weight is 639 g/mol. The zero-order valence-corrected chi connectivity index (χ0v) is 25.7. The van der Waals surface area contributed by atoms with E-state index in [1.165, 1.54) is 26.2 Å². The van der Waals surface area contributed by atoms with Gasteiger partial charge in [0.2, 0.25) is 0 Å². The maximum atomic E-state index is 14.1. The van der Waals surface area contributed by atoms with E-state index in [9.17, 15) is 18.9 Å². The topological polar surface area (TPSA) is 176 Å². The lowest BCUT2D eigenvalue weighted by Crippen LogP contribution is -2.48. The highest BCUT2D eigenvalue weighted by Crippen LogP contribution is 2.48. The molecule has 1 fully saturated rings. The summed E-state index contributed by atoms with van der Waals surface area (Å²) in [6.07, 6.45) is 1.49. The quantitative estimate of drug-likeness (QED) is 0.106. The molecule has 226 valence electrons. The minimum absolute atomic E-state index is 0.0202. The largest absolute Gasteiger partial charge is 0.468 e. The van der Waals surface area contributed by atoms with Crippen molar-refractivity contribution in [2.45, 2.75) is 38.8 Å². The normalized spacial score (nSPS) is 16.8. The molecular formula is C27H33Cl2N6O6P. The fourth-order valence-corrected chi connectivity index (χ4v) is 6.78. The summed E-state index contributed by atoms with van der Waals surface area (Å²) >= 11 is 12.2. The predicted octanol–water partition coefficient (Wildman–Crippen LogP) is 3.77. The first-order valence-corrected chi connectivity index (χ1v) is 15.3. The van der Waals surface area contributed by atoms with Gasteiger partial charge in [0.1, 0.15) is 17.5 Å². The second kappa shape index (κ2) is 14.7. The number of methoxy groups -OCH3 is 1. The van der Waals surface area contributed by atoms with Crippen LogP contribution in [0.4, 0.5) is 0 Å². The van der Waals surface area contributed by atoms with Crippen molar-refractivity contribution in [1.82, 2.24) is 20.4 Å². The van der Waals surface area contributed by atoms with Crippen LogP contribution in [0.2, 0.25) is 10.0 Å². The van der Waals surface area contributed by atoms with Crippen LogP contribution >= 0.6 is 30.9 Å². The van der Waals surface area contributed by atoms with Crippen LogP contribution in [0.3, 0.4) is 0 Å². The van der Waals surface area contributed by atoms with Crippen molar-refractivity contribution in [2.75, 3.05) is 20.2 Å². The van der Waals surface area contributed by atoms with Crippen molar-refractivity contribution in [2.24, 2.45) is 5.73 Å². The fraction of sp³-hybridized carbons (Fsp3) is 0.333. The molecule has 2 aromatic carbocycles. The van der Waals surface area contributed by atoms with Crippen molar-refractivity contribution >= 4 is 54.9 Å². The van der Waals surface area contributed by atoms with Crippen molar-refractivity contribution in [1.29, 1.82) is 5.41 Å². The van der Waals surface area contributed by atoms with Crippen molar-refractivity contribution in [3.63, 3.8) is 0 Å². The van der Waals surface area contributed by atoms with Gasteiger partial charge in [0.05, 0.1) is 28.4 Å². The SMILES string of the molecule is COC(=O)[C@H](C)NP(=O)(Oc1ccc(C)cc1)N1CCC(NC(=O)C(N)=C(C=N)NC(=O)c2c(Cl)cccc2Cl)CC1. The van der Waals surface area contributed by atoms with E-state index in [1.807, 2.05) is 19.1 Å². The molecule has 2 aromatic rings. The zero-order valence-electron chi connectivity index (χ0n) is 23.3. The molecule has 1 saturated heterocycles. The van der Waals surface area contributed by atoms with Gasteiger partial charge in [-0.2, -0.15) is 0 Å². The van der Waals surface area contributed by atoms with Gasteiger partial charge in [0.25, 0.3) is 11.8 Å². The lowest BCUT2D eigenvalue weighted by atomic mass is 10.1. The molecule has 6 N–H and O–H groups in total. The van der Waals surface area contributed by atoms with Gasteiger partial charge < -0.3 is 31.0 Å². The first kappa shape index (κ1) is 33.1. The van der Waals surface area contributed by atoms with Crippen LogP contribution < -0.4 is 26.0 Å². The molecule has 1 aliphatic heterocycles. The van der Waals surface area contributed by atoms with Gasteiger partial charge >= 0.3 is 13.6 Å². The third-order valence-corrected chi connectivity index (χ3v) is 9.40. The van der Waals surface area contributed by atoms with E-state index in [1.54, 1.807) is 22.9 Å². The summed E-state index contributed by atoms with van der Waals surface area (Å²) in [6, 6.07) is 10.3. The van der Waals surface area contributed by atoms with Crippen molar-refractivity contribution in [3.8, 4) is 5.75 Å². The number of hydrogen-bond donors (Lipinski definition) is 5. The van der Waals surface area contributed by atoms with E-state index in [0.29, 0.717) is 18.6 Å². The van der Waals surface area contributed by atoms with E-state index in [4.69, 9.17) is 43.6 Å². The molecule has 0 spiro atoms.